The maximum absolute atomic E-state index is 12.9. The second-order valence-corrected chi connectivity index (χ2v) is 6.89. The Labute approximate surface area is 183 Å². The van der Waals surface area contributed by atoms with Crippen molar-refractivity contribution in [1.29, 1.82) is 0 Å². The average Bonchev–Trinajstić information content (AvgIpc) is 2.80. The van der Waals surface area contributed by atoms with Gasteiger partial charge < -0.3 is 20.5 Å². The molecule has 0 fully saturated rings. The van der Waals surface area contributed by atoms with E-state index in [0.717, 1.165) is 5.56 Å². The highest BCUT2D eigenvalue weighted by Crippen LogP contribution is 2.29. The average molecular weight is 432 g/mol. The number of aromatic carboxylic acids is 1. The van der Waals surface area contributed by atoms with Gasteiger partial charge in [-0.2, -0.15) is 0 Å². The number of ether oxygens (including phenoxy) is 1. The zero-order chi connectivity index (χ0) is 23.3. The Hall–Kier alpha value is -4.46. The number of aryl methyl sites for hydroxylation is 1. The normalized spacial score (nSPS) is 10.2. The van der Waals surface area contributed by atoms with Crippen LogP contribution < -0.4 is 15.4 Å². The van der Waals surface area contributed by atoms with Crippen molar-refractivity contribution >= 4 is 29.9 Å². The number of rotatable bonds is 7. The van der Waals surface area contributed by atoms with Crippen LogP contribution in [0, 0.1) is 6.92 Å². The molecule has 8 heteroatoms. The highest BCUT2D eigenvalue weighted by molar-refractivity contribution is 6.11. The number of carboxylic acid groups (broad SMARTS) is 1. The Bertz CT molecular complexity index is 1200. The molecule has 32 heavy (non-hydrogen) atoms. The number of carboxylic acids is 1. The second kappa shape index (κ2) is 9.57. The molecule has 3 aromatic rings. The van der Waals surface area contributed by atoms with Gasteiger partial charge in [0, 0.05) is 12.7 Å². The highest BCUT2D eigenvalue weighted by atomic mass is 16.5. The molecule has 0 atom stereocenters. The third-order valence-electron chi connectivity index (χ3n) is 4.76. The summed E-state index contributed by atoms with van der Waals surface area (Å²) in [7, 11) is 1.44. The summed E-state index contributed by atoms with van der Waals surface area (Å²) in [5, 5.41) is 14.7. The highest BCUT2D eigenvalue weighted by Gasteiger charge is 2.19. The molecule has 3 aromatic carbocycles. The monoisotopic (exact) mass is 432 g/mol. The van der Waals surface area contributed by atoms with Gasteiger partial charge >= 0.3 is 5.97 Å². The van der Waals surface area contributed by atoms with Gasteiger partial charge in [0.05, 0.1) is 16.7 Å². The largest absolute Gasteiger partial charge is 0.478 e. The molecule has 0 radical (unpaired) electrons. The molecule has 0 aliphatic rings. The molecule has 0 heterocycles. The predicted octanol–water partition coefficient (Wildman–Crippen LogP) is 3.51. The molecule has 162 valence electrons. The summed E-state index contributed by atoms with van der Waals surface area (Å²) in [6.45, 7) is 2.13. The molecule has 2 amide bonds. The minimum atomic E-state index is -1.24. The standard InChI is InChI=1S/C24H20N2O6/c1-14-3-7-17(8-4-14)26-23(29)19-11-15(5-9-18(19)24(30)31)16-6-10-21(32-13-27)20(12-16)22(28)25-2/h3-13H,1-2H3,(H,25,28)(H,26,29)(H,30,31). The van der Waals surface area contributed by atoms with Crippen molar-refractivity contribution in [2.75, 3.05) is 12.4 Å². The van der Waals surface area contributed by atoms with Gasteiger partial charge in [-0.05, 0) is 54.4 Å². The fourth-order valence-corrected chi connectivity index (χ4v) is 3.11. The maximum atomic E-state index is 12.9. The van der Waals surface area contributed by atoms with E-state index in [0.29, 0.717) is 16.8 Å². The Balaban J connectivity index is 2.04. The van der Waals surface area contributed by atoms with E-state index < -0.39 is 17.8 Å². The number of nitrogens with one attached hydrogen (secondary N) is 2. The lowest BCUT2D eigenvalue weighted by Gasteiger charge is -2.12. The first-order valence-electron chi connectivity index (χ1n) is 9.56. The van der Waals surface area contributed by atoms with Crippen molar-refractivity contribution in [3.05, 3.63) is 82.9 Å². The Morgan fingerprint density at radius 3 is 2.06 bits per heavy atom. The Kier molecular flexibility index (Phi) is 6.65. The summed E-state index contributed by atoms with van der Waals surface area (Å²) in [5.74, 6) is -2.22. The van der Waals surface area contributed by atoms with Crippen LogP contribution in [0.2, 0.25) is 0 Å². The minimum absolute atomic E-state index is 0.0368. The van der Waals surface area contributed by atoms with Crippen LogP contribution in [0.15, 0.2) is 60.7 Å². The number of carbonyl (C=O) groups excluding carboxylic acids is 3. The summed E-state index contributed by atoms with van der Waals surface area (Å²) in [6, 6.07) is 15.9. The van der Waals surface area contributed by atoms with Gasteiger partial charge in [-0.25, -0.2) is 4.79 Å². The second-order valence-electron chi connectivity index (χ2n) is 6.89. The topological polar surface area (TPSA) is 122 Å². The van der Waals surface area contributed by atoms with Crippen LogP contribution in [0.25, 0.3) is 11.1 Å². The number of hydrogen-bond donors (Lipinski definition) is 3. The molecule has 0 saturated heterocycles. The summed E-state index contributed by atoms with van der Waals surface area (Å²) >= 11 is 0. The number of benzene rings is 3. The third-order valence-corrected chi connectivity index (χ3v) is 4.76. The molecule has 0 unspecified atom stereocenters. The van der Waals surface area contributed by atoms with Crippen LogP contribution in [0.5, 0.6) is 5.75 Å². The molecule has 8 nitrogen and oxygen atoms in total. The van der Waals surface area contributed by atoms with Crippen LogP contribution in [0.3, 0.4) is 0 Å². The van der Waals surface area contributed by atoms with Crippen molar-refractivity contribution in [2.45, 2.75) is 6.92 Å². The summed E-state index contributed by atoms with van der Waals surface area (Å²) in [6.07, 6.45) is 0. The van der Waals surface area contributed by atoms with Crippen molar-refractivity contribution < 1.29 is 29.0 Å². The lowest BCUT2D eigenvalue weighted by atomic mass is 9.96. The Morgan fingerprint density at radius 1 is 0.844 bits per heavy atom. The van der Waals surface area contributed by atoms with E-state index in [-0.39, 0.29) is 28.9 Å². The summed E-state index contributed by atoms with van der Waals surface area (Å²) in [5.41, 5.74) is 2.50. The van der Waals surface area contributed by atoms with E-state index in [1.165, 1.54) is 37.4 Å². The molecular formula is C24H20N2O6. The van der Waals surface area contributed by atoms with Gasteiger partial charge in [0.15, 0.2) is 0 Å². The van der Waals surface area contributed by atoms with Crippen LogP contribution in [0.1, 0.15) is 36.6 Å². The van der Waals surface area contributed by atoms with Crippen LogP contribution in [-0.4, -0.2) is 36.4 Å². The molecule has 0 bridgehead atoms. The third kappa shape index (κ3) is 4.81. The zero-order valence-electron chi connectivity index (χ0n) is 17.3. The molecule has 3 rings (SSSR count). The van der Waals surface area contributed by atoms with Crippen LogP contribution >= 0.6 is 0 Å². The number of hydrogen-bond acceptors (Lipinski definition) is 5. The van der Waals surface area contributed by atoms with E-state index in [1.54, 1.807) is 18.2 Å². The molecular weight excluding hydrogens is 412 g/mol. The van der Waals surface area contributed by atoms with E-state index in [2.05, 4.69) is 10.6 Å². The fourth-order valence-electron chi connectivity index (χ4n) is 3.11. The van der Waals surface area contributed by atoms with Crippen molar-refractivity contribution in [3.63, 3.8) is 0 Å². The first kappa shape index (κ1) is 22.2. The van der Waals surface area contributed by atoms with E-state index in [9.17, 15) is 24.3 Å². The van der Waals surface area contributed by atoms with Crippen molar-refractivity contribution in [2.24, 2.45) is 0 Å². The summed E-state index contributed by atoms with van der Waals surface area (Å²) < 4.78 is 4.85. The van der Waals surface area contributed by atoms with Gasteiger partial charge in [0.1, 0.15) is 5.75 Å². The lowest BCUT2D eigenvalue weighted by molar-refractivity contribution is -0.120. The van der Waals surface area contributed by atoms with Gasteiger partial charge in [-0.3, -0.25) is 14.4 Å². The van der Waals surface area contributed by atoms with E-state index in [1.807, 2.05) is 19.1 Å². The molecule has 0 aliphatic heterocycles. The van der Waals surface area contributed by atoms with Crippen molar-refractivity contribution in [3.8, 4) is 16.9 Å². The van der Waals surface area contributed by atoms with E-state index >= 15 is 0 Å². The Morgan fingerprint density at radius 2 is 1.47 bits per heavy atom. The fraction of sp³-hybridized carbons (Fsp3) is 0.0833. The minimum Gasteiger partial charge on any atom is -0.478 e. The van der Waals surface area contributed by atoms with Crippen LogP contribution in [0.4, 0.5) is 5.69 Å². The molecule has 0 saturated carbocycles. The lowest BCUT2D eigenvalue weighted by Crippen LogP contribution is -2.19. The zero-order valence-corrected chi connectivity index (χ0v) is 17.3. The van der Waals surface area contributed by atoms with Gasteiger partial charge in [-0.1, -0.05) is 29.8 Å². The van der Waals surface area contributed by atoms with Crippen molar-refractivity contribution in [1.82, 2.24) is 5.32 Å². The van der Waals surface area contributed by atoms with Gasteiger partial charge in [0.25, 0.3) is 18.3 Å². The maximum Gasteiger partial charge on any atom is 0.336 e. The van der Waals surface area contributed by atoms with Crippen LogP contribution in [-0.2, 0) is 4.79 Å². The molecule has 0 aliphatic carbocycles. The predicted molar refractivity (Wildman–Crippen MR) is 118 cm³/mol. The van der Waals surface area contributed by atoms with Gasteiger partial charge in [0.2, 0.25) is 0 Å². The quantitative estimate of drug-likeness (QED) is 0.491. The smallest absolute Gasteiger partial charge is 0.336 e. The SMILES string of the molecule is CNC(=O)c1cc(-c2ccc(C(=O)O)c(C(=O)Nc3ccc(C)cc3)c2)ccc1OC=O. The summed E-state index contributed by atoms with van der Waals surface area (Å²) in [4.78, 5) is 47.5. The van der Waals surface area contributed by atoms with Gasteiger partial charge in [-0.15, -0.1) is 0 Å². The number of anilines is 1. The molecule has 3 N–H and O–H groups in total. The first-order valence-corrected chi connectivity index (χ1v) is 9.56. The molecule has 0 spiro atoms. The van der Waals surface area contributed by atoms with E-state index in [4.69, 9.17) is 4.74 Å². The number of amides is 2. The molecule has 0 aromatic heterocycles. The number of carbonyl (C=O) groups is 4. The first-order chi connectivity index (χ1) is 15.3.